The molecule has 0 fully saturated rings. The molecule has 2 amide bonds. The first-order chi connectivity index (χ1) is 10.1. The molecule has 0 bridgehead atoms. The SMILES string of the molecule is CSCC(C)(O)CNC(=O)NCc1cccc(C(F)(F)F)c1. The summed E-state index contributed by atoms with van der Waals surface area (Å²) in [7, 11) is 0. The Labute approximate surface area is 131 Å². The maximum atomic E-state index is 12.6. The highest BCUT2D eigenvalue weighted by Crippen LogP contribution is 2.29. The van der Waals surface area contributed by atoms with Crippen molar-refractivity contribution in [1.82, 2.24) is 10.6 Å². The Kier molecular flexibility index (Phi) is 6.55. The van der Waals surface area contributed by atoms with Crippen LogP contribution in [0.15, 0.2) is 24.3 Å². The summed E-state index contributed by atoms with van der Waals surface area (Å²) in [4.78, 5) is 11.6. The fourth-order valence-electron chi connectivity index (χ4n) is 1.74. The van der Waals surface area contributed by atoms with Gasteiger partial charge in [-0.1, -0.05) is 12.1 Å². The molecule has 0 saturated heterocycles. The molecular formula is C14H19F3N2O2S. The highest BCUT2D eigenvalue weighted by molar-refractivity contribution is 7.98. The van der Waals surface area contributed by atoms with Gasteiger partial charge in [0.05, 0.1) is 11.2 Å². The van der Waals surface area contributed by atoms with E-state index < -0.39 is 23.4 Å². The topological polar surface area (TPSA) is 61.4 Å². The van der Waals surface area contributed by atoms with Gasteiger partial charge in [0.15, 0.2) is 0 Å². The monoisotopic (exact) mass is 336 g/mol. The Morgan fingerprint density at radius 3 is 2.59 bits per heavy atom. The summed E-state index contributed by atoms with van der Waals surface area (Å²) in [6.07, 6.45) is -2.57. The van der Waals surface area contributed by atoms with Gasteiger partial charge in [-0.3, -0.25) is 0 Å². The van der Waals surface area contributed by atoms with Gasteiger partial charge < -0.3 is 15.7 Å². The van der Waals surface area contributed by atoms with Crippen LogP contribution in [0.2, 0.25) is 0 Å². The Morgan fingerprint density at radius 1 is 1.32 bits per heavy atom. The van der Waals surface area contributed by atoms with Gasteiger partial charge in [0.2, 0.25) is 0 Å². The highest BCUT2D eigenvalue weighted by atomic mass is 32.2. The molecule has 0 radical (unpaired) electrons. The van der Waals surface area contributed by atoms with Crippen LogP contribution in [-0.4, -0.2) is 35.3 Å². The van der Waals surface area contributed by atoms with Crippen LogP contribution < -0.4 is 10.6 Å². The summed E-state index contributed by atoms with van der Waals surface area (Å²) < 4.78 is 37.7. The second-order valence-corrected chi connectivity index (χ2v) is 6.03. The van der Waals surface area contributed by atoms with Crippen LogP contribution in [0.1, 0.15) is 18.1 Å². The van der Waals surface area contributed by atoms with Crippen LogP contribution in [0.5, 0.6) is 0 Å². The number of carbonyl (C=O) groups excluding carboxylic acids is 1. The van der Waals surface area contributed by atoms with Gasteiger partial charge in [-0.15, -0.1) is 0 Å². The number of halogens is 3. The van der Waals surface area contributed by atoms with Crippen molar-refractivity contribution in [2.75, 3.05) is 18.6 Å². The number of alkyl halides is 3. The van der Waals surface area contributed by atoms with Gasteiger partial charge in [0.25, 0.3) is 0 Å². The van der Waals surface area contributed by atoms with E-state index in [2.05, 4.69) is 10.6 Å². The molecule has 8 heteroatoms. The number of rotatable bonds is 6. The number of aliphatic hydroxyl groups is 1. The predicted molar refractivity (Wildman–Crippen MR) is 80.7 cm³/mol. The van der Waals surface area contributed by atoms with E-state index in [1.165, 1.54) is 23.9 Å². The number of benzene rings is 1. The van der Waals surface area contributed by atoms with Gasteiger partial charge in [-0.25, -0.2) is 4.79 Å². The molecule has 0 spiro atoms. The molecule has 0 aromatic heterocycles. The van der Waals surface area contributed by atoms with E-state index in [9.17, 15) is 23.1 Å². The van der Waals surface area contributed by atoms with Gasteiger partial charge in [0.1, 0.15) is 0 Å². The molecule has 4 nitrogen and oxygen atoms in total. The van der Waals surface area contributed by atoms with Crippen LogP contribution in [-0.2, 0) is 12.7 Å². The van der Waals surface area contributed by atoms with Crippen molar-refractivity contribution in [2.45, 2.75) is 25.2 Å². The van der Waals surface area contributed by atoms with Crippen molar-refractivity contribution >= 4 is 17.8 Å². The lowest BCUT2D eigenvalue weighted by Gasteiger charge is -2.22. The quantitative estimate of drug-likeness (QED) is 0.748. The van der Waals surface area contributed by atoms with E-state index in [-0.39, 0.29) is 13.1 Å². The van der Waals surface area contributed by atoms with Crippen LogP contribution >= 0.6 is 11.8 Å². The molecule has 1 aromatic carbocycles. The minimum atomic E-state index is -4.41. The summed E-state index contributed by atoms with van der Waals surface area (Å²) >= 11 is 1.45. The molecule has 22 heavy (non-hydrogen) atoms. The maximum absolute atomic E-state index is 12.6. The van der Waals surface area contributed by atoms with E-state index in [0.717, 1.165) is 12.1 Å². The molecule has 3 N–H and O–H groups in total. The molecule has 0 aliphatic heterocycles. The van der Waals surface area contributed by atoms with Gasteiger partial charge in [-0.2, -0.15) is 24.9 Å². The van der Waals surface area contributed by atoms with E-state index >= 15 is 0 Å². The summed E-state index contributed by atoms with van der Waals surface area (Å²) in [5, 5.41) is 14.8. The lowest BCUT2D eigenvalue weighted by Crippen LogP contribution is -2.45. The van der Waals surface area contributed by atoms with Gasteiger partial charge >= 0.3 is 12.2 Å². The molecule has 1 rings (SSSR count). The first-order valence-corrected chi connectivity index (χ1v) is 7.92. The Morgan fingerprint density at radius 2 is 2.00 bits per heavy atom. The van der Waals surface area contributed by atoms with Gasteiger partial charge in [-0.05, 0) is 30.9 Å². The average Bonchev–Trinajstić information content (AvgIpc) is 2.42. The van der Waals surface area contributed by atoms with E-state index in [0.29, 0.717) is 11.3 Å². The van der Waals surface area contributed by atoms with Crippen molar-refractivity contribution in [3.8, 4) is 0 Å². The van der Waals surface area contributed by atoms with Crippen molar-refractivity contribution < 1.29 is 23.1 Å². The minimum Gasteiger partial charge on any atom is -0.387 e. The molecule has 1 atom stereocenters. The standard InChI is InChI=1S/C14H19F3N2O2S/c1-13(21,9-22-2)8-19-12(20)18-7-10-4-3-5-11(6-10)14(15,16)17/h3-6,21H,7-9H2,1-2H3,(H2,18,19,20). The number of amides is 2. The number of urea groups is 1. The zero-order chi connectivity index (χ0) is 16.8. The molecule has 124 valence electrons. The lowest BCUT2D eigenvalue weighted by molar-refractivity contribution is -0.137. The number of hydrogen-bond donors (Lipinski definition) is 3. The number of hydrogen-bond acceptors (Lipinski definition) is 3. The van der Waals surface area contributed by atoms with Crippen LogP contribution in [0.3, 0.4) is 0 Å². The molecule has 0 saturated carbocycles. The van der Waals surface area contributed by atoms with Crippen molar-refractivity contribution in [1.29, 1.82) is 0 Å². The summed E-state index contributed by atoms with van der Waals surface area (Å²) in [6.45, 7) is 1.62. The van der Waals surface area contributed by atoms with Crippen LogP contribution in [0.4, 0.5) is 18.0 Å². The zero-order valence-electron chi connectivity index (χ0n) is 12.3. The Hall–Kier alpha value is -1.41. The lowest BCUT2D eigenvalue weighted by atomic mass is 10.1. The third kappa shape index (κ3) is 6.57. The molecule has 0 heterocycles. The van der Waals surface area contributed by atoms with Crippen LogP contribution in [0.25, 0.3) is 0 Å². The van der Waals surface area contributed by atoms with E-state index in [1.807, 2.05) is 6.26 Å². The Balaban J connectivity index is 2.48. The minimum absolute atomic E-state index is 0.0274. The average molecular weight is 336 g/mol. The largest absolute Gasteiger partial charge is 0.416 e. The van der Waals surface area contributed by atoms with Crippen LogP contribution in [0, 0.1) is 0 Å². The zero-order valence-corrected chi connectivity index (χ0v) is 13.1. The van der Waals surface area contributed by atoms with Gasteiger partial charge in [0, 0.05) is 18.8 Å². The van der Waals surface area contributed by atoms with E-state index in [1.54, 1.807) is 6.92 Å². The molecule has 1 aromatic rings. The predicted octanol–water partition coefficient (Wildman–Crippen LogP) is 2.62. The summed E-state index contributed by atoms with van der Waals surface area (Å²) in [5.74, 6) is 0.459. The van der Waals surface area contributed by atoms with Crippen molar-refractivity contribution in [3.63, 3.8) is 0 Å². The summed E-state index contributed by atoms with van der Waals surface area (Å²) in [6, 6.07) is 4.21. The molecule has 0 aliphatic carbocycles. The highest BCUT2D eigenvalue weighted by Gasteiger charge is 2.30. The molecular weight excluding hydrogens is 317 g/mol. The number of carbonyl (C=O) groups is 1. The van der Waals surface area contributed by atoms with Crippen molar-refractivity contribution in [2.24, 2.45) is 0 Å². The smallest absolute Gasteiger partial charge is 0.387 e. The second-order valence-electron chi connectivity index (χ2n) is 5.16. The molecule has 0 aliphatic rings. The number of nitrogens with one attached hydrogen (secondary N) is 2. The fraction of sp³-hybridized carbons (Fsp3) is 0.500. The first kappa shape index (κ1) is 18.6. The second kappa shape index (κ2) is 7.73. The summed E-state index contributed by atoms with van der Waals surface area (Å²) in [5.41, 5.74) is -1.44. The Bertz CT molecular complexity index is 507. The molecule has 1 unspecified atom stereocenters. The van der Waals surface area contributed by atoms with Crippen molar-refractivity contribution in [3.05, 3.63) is 35.4 Å². The normalized spacial score (nSPS) is 14.3. The number of thioether (sulfide) groups is 1. The first-order valence-electron chi connectivity index (χ1n) is 6.53. The fourth-order valence-corrected chi connectivity index (χ4v) is 2.46. The maximum Gasteiger partial charge on any atom is 0.416 e. The van der Waals surface area contributed by atoms with E-state index in [4.69, 9.17) is 0 Å². The third-order valence-electron chi connectivity index (χ3n) is 2.79. The third-order valence-corrected chi connectivity index (χ3v) is 3.70.